The highest BCUT2D eigenvalue weighted by Gasteiger charge is 2.15. The van der Waals surface area contributed by atoms with Crippen molar-refractivity contribution in [3.63, 3.8) is 0 Å². The number of hydrogen-bond donors (Lipinski definition) is 1. The number of anilines is 2. The van der Waals surface area contributed by atoms with Crippen molar-refractivity contribution in [1.29, 1.82) is 0 Å². The molecule has 6 nitrogen and oxygen atoms in total. The number of rotatable bonds is 2. The Kier molecular flexibility index (Phi) is 6.41. The molecule has 1 aliphatic heterocycles. The first-order valence-electron chi connectivity index (χ1n) is 9.77. The maximum atomic E-state index is 14.6. The van der Waals surface area contributed by atoms with Gasteiger partial charge in [-0.1, -0.05) is 0 Å². The van der Waals surface area contributed by atoms with Crippen molar-refractivity contribution in [3.05, 3.63) is 59.8 Å². The van der Waals surface area contributed by atoms with E-state index in [0.29, 0.717) is 54.9 Å². The van der Waals surface area contributed by atoms with E-state index in [2.05, 4.69) is 15.3 Å². The van der Waals surface area contributed by atoms with E-state index in [4.69, 9.17) is 9.47 Å². The molecule has 0 saturated carbocycles. The number of hydrogen-bond acceptors (Lipinski definition) is 6. The molecule has 0 spiro atoms. The lowest BCUT2D eigenvalue weighted by atomic mass is 10.0. The smallest absolute Gasteiger partial charge is 0.215 e. The van der Waals surface area contributed by atoms with Crippen molar-refractivity contribution < 1.29 is 22.5 Å². The fourth-order valence-electron chi connectivity index (χ4n) is 3.26. The lowest BCUT2D eigenvalue weighted by Crippen LogP contribution is -2.05. The van der Waals surface area contributed by atoms with E-state index in [0.717, 1.165) is 11.8 Å². The second kappa shape index (κ2) is 9.38. The largest absolute Gasteiger partial charge is 0.493 e. The number of pyridine rings is 2. The zero-order valence-corrected chi connectivity index (χ0v) is 17.7. The molecule has 1 aromatic carbocycles. The van der Waals surface area contributed by atoms with E-state index in [1.165, 1.54) is 24.3 Å². The predicted molar refractivity (Wildman–Crippen MR) is 115 cm³/mol. The first kappa shape index (κ1) is 21.2. The highest BCUT2D eigenvalue weighted by Crippen LogP contribution is 2.34. The first-order valence-corrected chi connectivity index (χ1v) is 11.5. The lowest BCUT2D eigenvalue weighted by molar-refractivity contribution is 0.261. The molecule has 0 saturated heterocycles. The van der Waals surface area contributed by atoms with E-state index in [-0.39, 0.29) is 11.3 Å². The maximum Gasteiger partial charge on any atom is 0.215 e. The van der Waals surface area contributed by atoms with E-state index in [9.17, 15) is 13.0 Å². The van der Waals surface area contributed by atoms with Gasteiger partial charge in [0, 0.05) is 46.1 Å². The second-order valence-electron chi connectivity index (χ2n) is 7.14. The van der Waals surface area contributed by atoms with Crippen LogP contribution in [-0.4, -0.2) is 33.6 Å². The summed E-state index contributed by atoms with van der Waals surface area (Å²) in [5.41, 5.74) is 1.45. The molecule has 162 valence electrons. The molecular formula is C22H21F2N3O3S. The molecule has 1 unspecified atom stereocenters. The van der Waals surface area contributed by atoms with Crippen LogP contribution < -0.4 is 14.8 Å². The Labute approximate surface area is 181 Å². The molecular weight excluding hydrogens is 424 g/mol. The monoisotopic (exact) mass is 445 g/mol. The van der Waals surface area contributed by atoms with Gasteiger partial charge >= 0.3 is 0 Å². The third-order valence-corrected chi connectivity index (χ3v) is 5.36. The van der Waals surface area contributed by atoms with Crippen LogP contribution in [0.15, 0.2) is 42.6 Å². The van der Waals surface area contributed by atoms with Crippen LogP contribution in [-0.2, 0) is 16.6 Å². The fourth-order valence-corrected chi connectivity index (χ4v) is 3.90. The number of aromatic nitrogens is 2. The zero-order chi connectivity index (χ0) is 21.8. The van der Waals surface area contributed by atoms with Gasteiger partial charge in [0.05, 0.1) is 19.4 Å². The van der Waals surface area contributed by atoms with Crippen LogP contribution >= 0.6 is 0 Å². The molecule has 0 fully saturated rings. The molecule has 1 N–H and O–H groups in total. The number of fused-ring (bicyclic) bond motifs is 6. The standard InChI is InChI=1S/C22H21F2N3O3S/c1-31(28)13-14-8-21-26-20-11-17(18(24)12-25-20)16-5-4-15(23)10-19(16)29-6-2-3-7-30-22(9-14)27-21/h4-5,8-12H,2-3,6-7,13H2,1H3,(H,25,26,27). The number of halogens is 2. The molecule has 4 bridgehead atoms. The average Bonchev–Trinajstić information content (AvgIpc) is 2.71. The predicted octanol–water partition coefficient (Wildman–Crippen LogP) is 4.60. The van der Waals surface area contributed by atoms with Gasteiger partial charge in [0.1, 0.15) is 29.0 Å². The molecule has 1 aliphatic rings. The van der Waals surface area contributed by atoms with Crippen molar-refractivity contribution in [2.45, 2.75) is 18.6 Å². The third-order valence-electron chi connectivity index (χ3n) is 4.62. The summed E-state index contributed by atoms with van der Waals surface area (Å²) in [7, 11) is -1.04. The minimum atomic E-state index is -1.04. The van der Waals surface area contributed by atoms with Crippen molar-refractivity contribution in [2.75, 3.05) is 24.8 Å². The molecule has 2 aromatic heterocycles. The van der Waals surface area contributed by atoms with Crippen molar-refractivity contribution >= 4 is 22.4 Å². The van der Waals surface area contributed by atoms with Crippen LogP contribution in [0.2, 0.25) is 0 Å². The minimum Gasteiger partial charge on any atom is -0.493 e. The Morgan fingerprint density at radius 3 is 2.65 bits per heavy atom. The quantitative estimate of drug-likeness (QED) is 0.622. The SMILES string of the molecule is CS(=O)Cc1cc2nc(c1)OCCCCOc1cc(F)ccc1-c1cc(ncc1F)N2. The van der Waals surface area contributed by atoms with Crippen LogP contribution in [0, 0.1) is 11.6 Å². The van der Waals surface area contributed by atoms with Gasteiger partial charge in [-0.3, -0.25) is 4.21 Å². The van der Waals surface area contributed by atoms with Gasteiger partial charge < -0.3 is 14.8 Å². The van der Waals surface area contributed by atoms with E-state index < -0.39 is 22.4 Å². The topological polar surface area (TPSA) is 73.3 Å². The molecule has 0 radical (unpaired) electrons. The number of nitrogens with one attached hydrogen (secondary N) is 1. The first-order chi connectivity index (χ1) is 15.0. The van der Waals surface area contributed by atoms with E-state index in [1.807, 2.05) is 0 Å². The number of ether oxygens (including phenoxy) is 2. The average molecular weight is 445 g/mol. The summed E-state index contributed by atoms with van der Waals surface area (Å²) in [6.07, 6.45) is 4.05. The highest BCUT2D eigenvalue weighted by atomic mass is 32.2. The summed E-state index contributed by atoms with van der Waals surface area (Å²) < 4.78 is 51.7. The summed E-state index contributed by atoms with van der Waals surface area (Å²) in [6.45, 7) is 0.732. The maximum absolute atomic E-state index is 14.6. The van der Waals surface area contributed by atoms with Crippen LogP contribution in [0.4, 0.5) is 20.4 Å². The van der Waals surface area contributed by atoms with Gasteiger partial charge in [-0.25, -0.2) is 13.8 Å². The van der Waals surface area contributed by atoms with Crippen molar-refractivity contribution in [1.82, 2.24) is 9.97 Å². The second-order valence-corrected chi connectivity index (χ2v) is 8.57. The Hall–Kier alpha value is -3.07. The molecule has 31 heavy (non-hydrogen) atoms. The Morgan fingerprint density at radius 1 is 1.03 bits per heavy atom. The summed E-state index contributed by atoms with van der Waals surface area (Å²) in [6, 6.07) is 9.02. The highest BCUT2D eigenvalue weighted by molar-refractivity contribution is 7.83. The van der Waals surface area contributed by atoms with E-state index >= 15 is 0 Å². The van der Waals surface area contributed by atoms with E-state index in [1.54, 1.807) is 18.4 Å². The Bertz CT molecular complexity index is 1130. The van der Waals surface area contributed by atoms with Crippen LogP contribution in [0.3, 0.4) is 0 Å². The summed E-state index contributed by atoms with van der Waals surface area (Å²) in [5, 5.41) is 3.05. The fraction of sp³-hybridized carbons (Fsp3) is 0.273. The molecule has 3 aromatic rings. The van der Waals surface area contributed by atoms with Crippen molar-refractivity contribution in [2.24, 2.45) is 0 Å². The molecule has 0 aliphatic carbocycles. The molecule has 4 rings (SSSR count). The number of nitrogens with zero attached hydrogens (tertiary/aromatic N) is 2. The van der Waals surface area contributed by atoms with Gasteiger partial charge in [-0.15, -0.1) is 0 Å². The third kappa shape index (κ3) is 5.35. The number of benzene rings is 1. The lowest BCUT2D eigenvalue weighted by Gasteiger charge is -2.13. The van der Waals surface area contributed by atoms with Crippen molar-refractivity contribution in [3.8, 4) is 22.8 Å². The molecule has 1 atom stereocenters. The normalized spacial score (nSPS) is 14.7. The van der Waals surface area contributed by atoms with Gasteiger partial charge in [0.25, 0.3) is 0 Å². The van der Waals surface area contributed by atoms with Crippen LogP contribution in [0.5, 0.6) is 11.6 Å². The Balaban J connectivity index is 1.78. The Morgan fingerprint density at radius 2 is 1.84 bits per heavy atom. The molecule has 3 heterocycles. The van der Waals surface area contributed by atoms with Gasteiger partial charge in [-0.2, -0.15) is 4.98 Å². The van der Waals surface area contributed by atoms with Gasteiger partial charge in [-0.05, 0) is 42.7 Å². The zero-order valence-electron chi connectivity index (χ0n) is 16.9. The summed E-state index contributed by atoms with van der Waals surface area (Å²) >= 11 is 0. The summed E-state index contributed by atoms with van der Waals surface area (Å²) in [5.74, 6) is 0.769. The van der Waals surface area contributed by atoms with Crippen LogP contribution in [0.1, 0.15) is 18.4 Å². The summed E-state index contributed by atoms with van der Waals surface area (Å²) in [4.78, 5) is 8.53. The van der Waals surface area contributed by atoms with Gasteiger partial charge in [0.15, 0.2) is 0 Å². The minimum absolute atomic E-state index is 0.227. The van der Waals surface area contributed by atoms with Crippen LogP contribution in [0.25, 0.3) is 11.1 Å². The molecule has 9 heteroatoms. The molecule has 0 amide bonds. The van der Waals surface area contributed by atoms with Gasteiger partial charge in [0.2, 0.25) is 5.88 Å².